The summed E-state index contributed by atoms with van der Waals surface area (Å²) < 4.78 is 29.1. The molecule has 0 amide bonds. The third-order valence-corrected chi connectivity index (χ3v) is 8.96. The van der Waals surface area contributed by atoms with Crippen molar-refractivity contribution in [2.75, 3.05) is 25.2 Å². The molecular weight excluding hydrogens is 695 g/mol. The van der Waals surface area contributed by atoms with E-state index in [-0.39, 0.29) is 11.5 Å². The highest BCUT2D eigenvalue weighted by Crippen LogP contribution is 2.28. The van der Waals surface area contributed by atoms with Gasteiger partial charge in [0.15, 0.2) is 0 Å². The average molecular weight is 738 g/mol. The zero-order chi connectivity index (χ0) is 37.3. The molecular formula is C41H43N3O8S. The molecule has 276 valence electrons. The molecule has 0 fully saturated rings. The smallest absolute Gasteiger partial charge is 0.343 e. The molecule has 0 unspecified atom stereocenters. The number of nitrogens with one attached hydrogen (secondary N) is 1. The Morgan fingerprint density at radius 2 is 1.62 bits per heavy atom. The molecule has 1 N–H and O–H groups in total. The van der Waals surface area contributed by atoms with Crippen molar-refractivity contribution in [3.63, 3.8) is 0 Å². The number of benzene rings is 3. The zero-order valence-electron chi connectivity index (χ0n) is 29.7. The monoisotopic (exact) mass is 737 g/mol. The van der Waals surface area contributed by atoms with E-state index in [2.05, 4.69) is 29.0 Å². The van der Waals surface area contributed by atoms with E-state index in [1.54, 1.807) is 48.5 Å². The Balaban J connectivity index is 1.20. The van der Waals surface area contributed by atoms with Crippen molar-refractivity contribution in [1.29, 1.82) is 0 Å². The van der Waals surface area contributed by atoms with E-state index < -0.39 is 17.9 Å². The molecule has 1 aliphatic carbocycles. The molecule has 11 nitrogen and oxygen atoms in total. The van der Waals surface area contributed by atoms with Gasteiger partial charge in [0.25, 0.3) is 0 Å². The van der Waals surface area contributed by atoms with Gasteiger partial charge in [0.1, 0.15) is 17.2 Å². The number of esters is 3. The van der Waals surface area contributed by atoms with Gasteiger partial charge in [-0.05, 0) is 105 Å². The molecule has 5 rings (SSSR count). The molecule has 4 aromatic rings. The number of unbranched alkanes of at least 4 members (excludes halogenated alkanes) is 4. The highest BCUT2D eigenvalue weighted by atomic mass is 32.1. The first kappa shape index (κ1) is 38.5. The van der Waals surface area contributed by atoms with Crippen molar-refractivity contribution >= 4 is 50.8 Å². The molecule has 0 spiro atoms. The minimum Gasteiger partial charge on any atom is -0.498 e. The number of nitrogens with zero attached hydrogens (tertiary/aromatic N) is 2. The zero-order valence-corrected chi connectivity index (χ0v) is 30.5. The predicted octanol–water partition coefficient (Wildman–Crippen LogP) is 8.96. The second-order valence-electron chi connectivity index (χ2n) is 12.0. The van der Waals surface area contributed by atoms with Gasteiger partial charge in [0.05, 0.1) is 47.6 Å². The Bertz CT molecular complexity index is 1930. The van der Waals surface area contributed by atoms with Gasteiger partial charge in [0, 0.05) is 23.6 Å². The largest absolute Gasteiger partial charge is 0.498 e. The number of hydrazone groups is 1. The lowest BCUT2D eigenvalue weighted by atomic mass is 10.0. The fourth-order valence-electron chi connectivity index (χ4n) is 5.12. The molecule has 0 atom stereocenters. The number of ether oxygens (including phenoxy) is 5. The summed E-state index contributed by atoms with van der Waals surface area (Å²) in [6.45, 7) is 7.04. The standard InChI is InChI=1S/C41H43N3O8S/c1-3-5-24-48-32-18-14-29(15-19-32)39(46)51-34-22-23-36(31(27-34)28-42-44-41-43-35-12-8-9-13-37(35)53-41)52-40(47)30-16-20-33(21-17-30)49-25-10-6-7-11-26-50-38(45)4-2/h4,8-9,12-14,16-18,20-23,27-28H,2-3,5-7,10-11,15,19,24-26H2,1H3,(H,43,44)/b42-28+. The number of fused-ring (bicyclic) bond motifs is 1. The summed E-state index contributed by atoms with van der Waals surface area (Å²) in [6.07, 6.45) is 12.8. The molecule has 0 radical (unpaired) electrons. The first-order chi connectivity index (χ1) is 25.9. The van der Waals surface area contributed by atoms with Crippen molar-refractivity contribution in [3.8, 4) is 17.2 Å². The van der Waals surface area contributed by atoms with Crippen molar-refractivity contribution in [3.05, 3.63) is 114 Å². The maximum atomic E-state index is 13.2. The summed E-state index contributed by atoms with van der Waals surface area (Å²) in [5.74, 6) is 0.517. The van der Waals surface area contributed by atoms with Crippen LogP contribution in [0.4, 0.5) is 5.13 Å². The number of hydrogen-bond donors (Lipinski definition) is 1. The van der Waals surface area contributed by atoms with Crippen LogP contribution in [0, 0.1) is 0 Å². The fourth-order valence-corrected chi connectivity index (χ4v) is 5.93. The van der Waals surface area contributed by atoms with Crippen molar-refractivity contribution in [2.24, 2.45) is 5.10 Å². The van der Waals surface area contributed by atoms with Gasteiger partial charge in [-0.25, -0.2) is 19.4 Å². The van der Waals surface area contributed by atoms with Crippen LogP contribution in [0.25, 0.3) is 10.2 Å². The van der Waals surface area contributed by atoms with Gasteiger partial charge < -0.3 is 23.7 Å². The van der Waals surface area contributed by atoms with Crippen LogP contribution >= 0.6 is 11.3 Å². The summed E-state index contributed by atoms with van der Waals surface area (Å²) in [4.78, 5) is 41.9. The first-order valence-electron chi connectivity index (χ1n) is 17.7. The second-order valence-corrected chi connectivity index (χ2v) is 13.1. The van der Waals surface area contributed by atoms with Crippen LogP contribution in [0.2, 0.25) is 0 Å². The lowest BCUT2D eigenvalue weighted by Gasteiger charge is -2.15. The fraction of sp³-hybridized carbons (Fsp3) is 0.293. The van der Waals surface area contributed by atoms with Crippen LogP contribution in [0.15, 0.2) is 108 Å². The molecule has 53 heavy (non-hydrogen) atoms. The molecule has 0 saturated heterocycles. The quantitative estimate of drug-likeness (QED) is 0.0234. The number of allylic oxidation sites excluding steroid dienone is 3. The van der Waals surface area contributed by atoms with Gasteiger partial charge in [-0.1, -0.05) is 43.4 Å². The van der Waals surface area contributed by atoms with Crippen LogP contribution in [-0.2, 0) is 19.1 Å². The SMILES string of the molecule is C=CC(=O)OCCCCCCOc1ccc(C(=O)Oc2ccc(OC(=O)C3=CC=C(OCCCC)CC3)cc2/C=N/Nc2nc3ccccc3s2)cc1. The van der Waals surface area contributed by atoms with Gasteiger partial charge in [-0.3, -0.25) is 5.43 Å². The molecule has 0 saturated carbocycles. The molecule has 1 heterocycles. The molecule has 0 bridgehead atoms. The highest BCUT2D eigenvalue weighted by molar-refractivity contribution is 7.22. The number of anilines is 1. The van der Waals surface area contributed by atoms with Crippen molar-refractivity contribution < 1.29 is 38.1 Å². The van der Waals surface area contributed by atoms with Crippen molar-refractivity contribution in [2.45, 2.75) is 58.3 Å². The third-order valence-electron chi connectivity index (χ3n) is 8.02. The topological polar surface area (TPSA) is 135 Å². The summed E-state index contributed by atoms with van der Waals surface area (Å²) >= 11 is 1.45. The summed E-state index contributed by atoms with van der Waals surface area (Å²) in [5.41, 5.74) is 5.05. The van der Waals surface area contributed by atoms with Gasteiger partial charge >= 0.3 is 17.9 Å². The number of carbonyl (C=O) groups is 3. The number of hydrogen-bond acceptors (Lipinski definition) is 12. The van der Waals surface area contributed by atoms with Gasteiger partial charge in [-0.2, -0.15) is 5.10 Å². The Hall–Kier alpha value is -5.75. The van der Waals surface area contributed by atoms with E-state index in [0.717, 1.165) is 60.6 Å². The number of rotatable bonds is 20. The van der Waals surface area contributed by atoms with E-state index in [1.165, 1.54) is 17.6 Å². The maximum absolute atomic E-state index is 13.2. The maximum Gasteiger partial charge on any atom is 0.343 e. The third kappa shape index (κ3) is 12.2. The Morgan fingerprint density at radius 3 is 2.38 bits per heavy atom. The van der Waals surface area contributed by atoms with E-state index >= 15 is 0 Å². The van der Waals surface area contributed by atoms with Crippen molar-refractivity contribution in [1.82, 2.24) is 4.98 Å². The average Bonchev–Trinajstić information content (AvgIpc) is 3.60. The predicted molar refractivity (Wildman–Crippen MR) is 206 cm³/mol. The first-order valence-corrected chi connectivity index (χ1v) is 18.5. The summed E-state index contributed by atoms with van der Waals surface area (Å²) in [7, 11) is 0. The molecule has 0 aliphatic heterocycles. The molecule has 3 aromatic carbocycles. The minimum absolute atomic E-state index is 0.220. The molecule has 12 heteroatoms. The minimum atomic E-state index is -0.580. The Morgan fingerprint density at radius 1 is 0.849 bits per heavy atom. The number of para-hydroxylation sites is 1. The van der Waals surface area contributed by atoms with Crippen LogP contribution in [0.5, 0.6) is 17.2 Å². The number of thiazole rings is 1. The molecule has 1 aliphatic rings. The molecule has 1 aromatic heterocycles. The Labute approximate surface area is 313 Å². The normalized spacial score (nSPS) is 12.5. The summed E-state index contributed by atoms with van der Waals surface area (Å²) in [6, 6.07) is 19.2. The van der Waals surface area contributed by atoms with Crippen LogP contribution in [-0.4, -0.2) is 48.9 Å². The van der Waals surface area contributed by atoms with E-state index in [0.29, 0.717) is 60.2 Å². The van der Waals surface area contributed by atoms with E-state index in [1.807, 2.05) is 30.3 Å². The Kier molecular flexibility index (Phi) is 14.8. The van der Waals surface area contributed by atoms with E-state index in [9.17, 15) is 14.4 Å². The number of carbonyl (C=O) groups excluding carboxylic acids is 3. The lowest BCUT2D eigenvalue weighted by molar-refractivity contribution is -0.137. The van der Waals surface area contributed by atoms with Gasteiger partial charge in [-0.15, -0.1) is 0 Å². The van der Waals surface area contributed by atoms with Crippen LogP contribution < -0.4 is 19.6 Å². The van der Waals surface area contributed by atoms with Crippen LogP contribution in [0.1, 0.15) is 74.2 Å². The van der Waals surface area contributed by atoms with Crippen LogP contribution in [0.3, 0.4) is 0 Å². The van der Waals surface area contributed by atoms with E-state index in [4.69, 9.17) is 23.7 Å². The number of aromatic nitrogens is 1. The highest BCUT2D eigenvalue weighted by Gasteiger charge is 2.18. The second kappa shape index (κ2) is 20.3. The lowest BCUT2D eigenvalue weighted by Crippen LogP contribution is -2.14. The van der Waals surface area contributed by atoms with Gasteiger partial charge in [0.2, 0.25) is 5.13 Å². The summed E-state index contributed by atoms with van der Waals surface area (Å²) in [5, 5.41) is 4.93.